The number of carbonyl (C=O) groups is 1. The lowest BCUT2D eigenvalue weighted by Gasteiger charge is -2.34. The summed E-state index contributed by atoms with van der Waals surface area (Å²) in [7, 11) is 0. The second-order valence-electron chi connectivity index (χ2n) is 7.37. The molecule has 0 unspecified atom stereocenters. The molecule has 0 saturated carbocycles. The van der Waals surface area contributed by atoms with Gasteiger partial charge in [0, 0.05) is 36.1 Å². The molecule has 0 radical (unpaired) electrons. The Kier molecular flexibility index (Phi) is 6.92. The van der Waals surface area contributed by atoms with Crippen LogP contribution in [0.15, 0.2) is 60.7 Å². The zero-order chi connectivity index (χ0) is 21.6. The molecule has 160 valence electrons. The predicted molar refractivity (Wildman–Crippen MR) is 120 cm³/mol. The Hall–Kier alpha value is -2.80. The lowest BCUT2D eigenvalue weighted by molar-refractivity contribution is -0.116. The predicted octanol–water partition coefficient (Wildman–Crippen LogP) is 4.23. The van der Waals surface area contributed by atoms with E-state index in [1.807, 2.05) is 24.3 Å². The van der Waals surface area contributed by atoms with Crippen LogP contribution in [0.2, 0.25) is 5.02 Å². The molecular formula is C24H23ClFN3O2. The van der Waals surface area contributed by atoms with Crippen molar-refractivity contribution >= 4 is 34.5 Å². The number of nitrogens with one attached hydrogen (secondary N) is 1. The molecule has 2 aromatic carbocycles. The van der Waals surface area contributed by atoms with Crippen LogP contribution in [-0.4, -0.2) is 48.6 Å². The maximum Gasteiger partial charge on any atom is 0.244 e. The van der Waals surface area contributed by atoms with Gasteiger partial charge in [0.1, 0.15) is 5.82 Å². The zero-order valence-corrected chi connectivity index (χ0v) is 17.7. The largest absolute Gasteiger partial charge is 0.379 e. The number of morpholine rings is 1. The normalized spacial score (nSPS) is 15.9. The number of amides is 1. The summed E-state index contributed by atoms with van der Waals surface area (Å²) in [5.41, 5.74) is 2.41. The lowest BCUT2D eigenvalue weighted by atomic mass is 10.0. The topological polar surface area (TPSA) is 54.5 Å². The van der Waals surface area contributed by atoms with E-state index in [4.69, 9.17) is 16.3 Å². The first-order valence-corrected chi connectivity index (χ1v) is 10.6. The van der Waals surface area contributed by atoms with Crippen LogP contribution in [0.4, 0.5) is 4.39 Å². The highest BCUT2D eigenvalue weighted by molar-refractivity contribution is 6.31. The fourth-order valence-electron chi connectivity index (χ4n) is 3.65. The van der Waals surface area contributed by atoms with Gasteiger partial charge in [-0.2, -0.15) is 0 Å². The van der Waals surface area contributed by atoms with E-state index in [-0.39, 0.29) is 17.8 Å². The summed E-state index contributed by atoms with van der Waals surface area (Å²) in [5, 5.41) is 4.56. The standard InChI is InChI=1S/C24H23ClFN3O2/c25-19-5-1-17-4-8-21(28-22(17)15-19)9-10-24(30)27-16-23(29-11-13-31-14-12-29)18-2-6-20(26)7-3-18/h1-10,15,23H,11-14,16H2,(H,27,30)/b10-9+/t23-/m1/s1. The van der Waals surface area contributed by atoms with E-state index in [1.165, 1.54) is 18.2 Å². The van der Waals surface area contributed by atoms with E-state index in [9.17, 15) is 9.18 Å². The van der Waals surface area contributed by atoms with Gasteiger partial charge in [-0.15, -0.1) is 0 Å². The molecule has 1 atom stereocenters. The first-order valence-electron chi connectivity index (χ1n) is 10.2. The van der Waals surface area contributed by atoms with E-state index in [0.29, 0.717) is 30.5 Å². The summed E-state index contributed by atoms with van der Waals surface area (Å²) in [6, 6.07) is 15.7. The van der Waals surface area contributed by atoms with Crippen molar-refractivity contribution in [2.45, 2.75) is 6.04 Å². The Bertz CT molecular complexity index is 1080. The average molecular weight is 440 g/mol. The number of nitrogens with zero attached hydrogens (tertiary/aromatic N) is 2. The summed E-state index contributed by atoms with van der Waals surface area (Å²) < 4.78 is 18.8. The van der Waals surface area contributed by atoms with Crippen molar-refractivity contribution in [3.8, 4) is 0 Å². The number of rotatable bonds is 6. The Balaban J connectivity index is 1.42. The van der Waals surface area contributed by atoms with Gasteiger partial charge >= 0.3 is 0 Å². The van der Waals surface area contributed by atoms with Gasteiger partial charge in [-0.1, -0.05) is 35.9 Å². The van der Waals surface area contributed by atoms with Crippen LogP contribution in [0.1, 0.15) is 17.3 Å². The van der Waals surface area contributed by atoms with E-state index in [1.54, 1.807) is 24.3 Å². The second kappa shape index (κ2) is 10.0. The minimum Gasteiger partial charge on any atom is -0.379 e. The van der Waals surface area contributed by atoms with Gasteiger partial charge in [0.05, 0.1) is 30.5 Å². The molecule has 2 heterocycles. The third-order valence-electron chi connectivity index (χ3n) is 5.29. The van der Waals surface area contributed by atoms with Gasteiger partial charge < -0.3 is 10.1 Å². The Morgan fingerprint density at radius 2 is 1.90 bits per heavy atom. The molecule has 0 bridgehead atoms. The van der Waals surface area contributed by atoms with E-state index < -0.39 is 0 Å². The Morgan fingerprint density at radius 1 is 1.16 bits per heavy atom. The Morgan fingerprint density at radius 3 is 2.68 bits per heavy atom. The van der Waals surface area contributed by atoms with Crippen LogP contribution in [0.3, 0.4) is 0 Å². The van der Waals surface area contributed by atoms with Crippen LogP contribution in [-0.2, 0) is 9.53 Å². The Labute approximate surface area is 185 Å². The maximum absolute atomic E-state index is 13.4. The fraction of sp³-hybridized carbons (Fsp3) is 0.250. The third kappa shape index (κ3) is 5.67. The van der Waals surface area contributed by atoms with Gasteiger partial charge in [0.15, 0.2) is 0 Å². The third-order valence-corrected chi connectivity index (χ3v) is 5.53. The number of aromatic nitrogens is 1. The summed E-state index contributed by atoms with van der Waals surface area (Å²) in [5.74, 6) is -0.492. The van der Waals surface area contributed by atoms with Crippen molar-refractivity contribution in [2.24, 2.45) is 0 Å². The number of carbonyl (C=O) groups excluding carboxylic acids is 1. The smallest absolute Gasteiger partial charge is 0.244 e. The highest BCUT2D eigenvalue weighted by Crippen LogP contribution is 2.22. The molecule has 1 fully saturated rings. The number of hydrogen-bond acceptors (Lipinski definition) is 4. The van der Waals surface area contributed by atoms with Crippen molar-refractivity contribution in [3.63, 3.8) is 0 Å². The van der Waals surface area contributed by atoms with E-state index >= 15 is 0 Å². The molecule has 1 aliphatic heterocycles. The molecule has 1 amide bonds. The molecule has 31 heavy (non-hydrogen) atoms. The highest BCUT2D eigenvalue weighted by atomic mass is 35.5. The van der Waals surface area contributed by atoms with Crippen molar-refractivity contribution in [2.75, 3.05) is 32.8 Å². The summed E-state index contributed by atoms with van der Waals surface area (Å²) in [4.78, 5) is 19.2. The van der Waals surface area contributed by atoms with Crippen LogP contribution in [0.5, 0.6) is 0 Å². The number of benzene rings is 2. The van der Waals surface area contributed by atoms with Gasteiger partial charge in [0.2, 0.25) is 5.91 Å². The number of ether oxygens (including phenoxy) is 1. The molecule has 1 N–H and O–H groups in total. The van der Waals surface area contributed by atoms with Crippen LogP contribution in [0.25, 0.3) is 17.0 Å². The number of pyridine rings is 1. The molecule has 5 nitrogen and oxygen atoms in total. The summed E-state index contributed by atoms with van der Waals surface area (Å²) in [6.07, 6.45) is 3.15. The first kappa shape index (κ1) is 21.4. The van der Waals surface area contributed by atoms with Crippen molar-refractivity contribution < 1.29 is 13.9 Å². The number of fused-ring (bicyclic) bond motifs is 1. The van der Waals surface area contributed by atoms with Gasteiger partial charge in [-0.05, 0) is 42.0 Å². The number of hydrogen-bond donors (Lipinski definition) is 1. The fourth-order valence-corrected chi connectivity index (χ4v) is 3.81. The molecule has 1 aromatic heterocycles. The number of halogens is 2. The zero-order valence-electron chi connectivity index (χ0n) is 16.9. The van der Waals surface area contributed by atoms with Gasteiger partial charge in [-0.3, -0.25) is 9.69 Å². The van der Waals surface area contributed by atoms with Crippen LogP contribution >= 0.6 is 11.6 Å². The molecule has 1 aliphatic rings. The molecule has 1 saturated heterocycles. The van der Waals surface area contributed by atoms with Crippen LogP contribution in [0, 0.1) is 5.82 Å². The van der Waals surface area contributed by atoms with Gasteiger partial charge in [-0.25, -0.2) is 9.37 Å². The highest BCUT2D eigenvalue weighted by Gasteiger charge is 2.23. The molecule has 4 rings (SSSR count). The van der Waals surface area contributed by atoms with Crippen molar-refractivity contribution in [3.05, 3.63) is 82.8 Å². The van der Waals surface area contributed by atoms with Crippen molar-refractivity contribution in [1.29, 1.82) is 0 Å². The summed E-state index contributed by atoms with van der Waals surface area (Å²) in [6.45, 7) is 3.22. The van der Waals surface area contributed by atoms with E-state index in [2.05, 4.69) is 15.2 Å². The molecule has 0 spiro atoms. The van der Waals surface area contributed by atoms with Crippen LogP contribution < -0.4 is 5.32 Å². The minimum atomic E-state index is -0.277. The minimum absolute atomic E-state index is 0.0530. The monoisotopic (exact) mass is 439 g/mol. The van der Waals surface area contributed by atoms with Crippen molar-refractivity contribution in [1.82, 2.24) is 15.2 Å². The second-order valence-corrected chi connectivity index (χ2v) is 7.80. The quantitative estimate of drug-likeness (QED) is 0.584. The molecular weight excluding hydrogens is 417 g/mol. The molecule has 7 heteroatoms. The maximum atomic E-state index is 13.4. The average Bonchev–Trinajstić information content (AvgIpc) is 2.79. The van der Waals surface area contributed by atoms with Gasteiger partial charge in [0.25, 0.3) is 0 Å². The first-order chi connectivity index (χ1) is 15.1. The molecule has 3 aromatic rings. The summed E-state index contributed by atoms with van der Waals surface area (Å²) >= 11 is 6.04. The van der Waals surface area contributed by atoms with E-state index in [0.717, 1.165) is 29.6 Å². The SMILES string of the molecule is O=C(/C=C/c1ccc2ccc(Cl)cc2n1)NC[C@H](c1ccc(F)cc1)N1CCOCC1. The molecule has 0 aliphatic carbocycles. The lowest BCUT2D eigenvalue weighted by Crippen LogP contribution is -2.43.